The molecule has 26 heavy (non-hydrogen) atoms. The maximum atomic E-state index is 12.5. The van der Waals surface area contributed by atoms with E-state index in [-0.39, 0.29) is 17.9 Å². The Bertz CT molecular complexity index is 439. The highest BCUT2D eigenvalue weighted by atomic mass is 16.2. The van der Waals surface area contributed by atoms with Crippen LogP contribution in [-0.2, 0) is 9.59 Å². The average molecular weight is 367 g/mol. The molecule has 2 rings (SSSR count). The number of carbonyl (C=O) groups excluding carboxylic acids is 2. The number of hydrogen-bond donors (Lipinski definition) is 1. The van der Waals surface area contributed by atoms with Crippen molar-refractivity contribution >= 4 is 11.8 Å². The highest BCUT2D eigenvalue weighted by Crippen LogP contribution is 2.22. The summed E-state index contributed by atoms with van der Waals surface area (Å²) in [5, 5.41) is 3.17. The molecule has 1 atom stereocenters. The standard InChI is InChI=1S/C20H38N4O2/c1-4-23(5-2)19(25)16-22-11-13-24(14-12-22)17(3)20(26)21-15-18-9-7-6-8-10-18/h17-18H,4-16H2,1-3H3,(H,21,26). The molecular formula is C20H38N4O2. The monoisotopic (exact) mass is 366 g/mol. The van der Waals surface area contributed by atoms with Gasteiger partial charge in [-0.3, -0.25) is 19.4 Å². The van der Waals surface area contributed by atoms with Gasteiger partial charge in [-0.2, -0.15) is 0 Å². The topological polar surface area (TPSA) is 55.9 Å². The Morgan fingerprint density at radius 2 is 1.65 bits per heavy atom. The van der Waals surface area contributed by atoms with Gasteiger partial charge >= 0.3 is 0 Å². The van der Waals surface area contributed by atoms with E-state index in [0.717, 1.165) is 45.8 Å². The summed E-state index contributed by atoms with van der Waals surface area (Å²) in [5.41, 5.74) is 0. The van der Waals surface area contributed by atoms with Crippen LogP contribution in [0.5, 0.6) is 0 Å². The van der Waals surface area contributed by atoms with Crippen molar-refractivity contribution in [1.29, 1.82) is 0 Å². The first-order valence-electron chi connectivity index (χ1n) is 10.6. The van der Waals surface area contributed by atoms with Crippen molar-refractivity contribution in [3.63, 3.8) is 0 Å². The van der Waals surface area contributed by atoms with E-state index in [1.807, 2.05) is 25.7 Å². The molecule has 1 aliphatic carbocycles. The minimum absolute atomic E-state index is 0.0841. The van der Waals surface area contributed by atoms with Gasteiger partial charge in [0, 0.05) is 45.8 Å². The third-order valence-corrected chi connectivity index (χ3v) is 6.10. The molecule has 0 bridgehead atoms. The average Bonchev–Trinajstić information content (AvgIpc) is 2.68. The smallest absolute Gasteiger partial charge is 0.237 e. The molecule has 0 aromatic heterocycles. The van der Waals surface area contributed by atoms with Crippen molar-refractivity contribution in [2.24, 2.45) is 5.92 Å². The summed E-state index contributed by atoms with van der Waals surface area (Å²) in [5.74, 6) is 1.04. The first kappa shape index (κ1) is 21.2. The van der Waals surface area contributed by atoms with Crippen LogP contribution in [0.3, 0.4) is 0 Å². The predicted octanol–water partition coefficient (Wildman–Crippen LogP) is 1.56. The summed E-state index contributed by atoms with van der Waals surface area (Å²) in [6.45, 7) is 12.3. The van der Waals surface area contributed by atoms with Gasteiger partial charge in [0.05, 0.1) is 12.6 Å². The third-order valence-electron chi connectivity index (χ3n) is 6.10. The quantitative estimate of drug-likeness (QED) is 0.708. The molecule has 2 amide bonds. The molecule has 1 heterocycles. The first-order chi connectivity index (χ1) is 12.5. The van der Waals surface area contributed by atoms with Crippen LogP contribution in [0.25, 0.3) is 0 Å². The highest BCUT2D eigenvalue weighted by molar-refractivity contribution is 5.81. The van der Waals surface area contributed by atoms with Crippen molar-refractivity contribution in [2.75, 3.05) is 52.4 Å². The summed E-state index contributed by atoms with van der Waals surface area (Å²) in [6, 6.07) is -0.0841. The first-order valence-corrected chi connectivity index (χ1v) is 10.6. The van der Waals surface area contributed by atoms with Gasteiger partial charge in [0.15, 0.2) is 0 Å². The van der Waals surface area contributed by atoms with E-state index in [1.54, 1.807) is 0 Å². The van der Waals surface area contributed by atoms with Crippen LogP contribution in [0.1, 0.15) is 52.9 Å². The highest BCUT2D eigenvalue weighted by Gasteiger charge is 2.27. The van der Waals surface area contributed by atoms with Gasteiger partial charge in [-0.1, -0.05) is 19.3 Å². The molecule has 0 aromatic carbocycles. The van der Waals surface area contributed by atoms with E-state index < -0.39 is 0 Å². The van der Waals surface area contributed by atoms with Crippen LogP contribution in [-0.4, -0.2) is 84.9 Å². The van der Waals surface area contributed by atoms with Crippen LogP contribution in [0.2, 0.25) is 0 Å². The predicted molar refractivity (Wildman–Crippen MR) is 105 cm³/mol. The van der Waals surface area contributed by atoms with E-state index >= 15 is 0 Å². The summed E-state index contributed by atoms with van der Waals surface area (Å²) in [7, 11) is 0. The second-order valence-electron chi connectivity index (χ2n) is 7.80. The Labute approximate surface area is 159 Å². The zero-order chi connectivity index (χ0) is 18.9. The second-order valence-corrected chi connectivity index (χ2v) is 7.80. The lowest BCUT2D eigenvalue weighted by Gasteiger charge is -2.37. The van der Waals surface area contributed by atoms with E-state index in [2.05, 4.69) is 15.1 Å². The Kier molecular flexibility index (Phi) is 8.85. The number of rotatable bonds is 8. The lowest BCUT2D eigenvalue weighted by Crippen LogP contribution is -2.55. The largest absolute Gasteiger partial charge is 0.354 e. The summed E-state index contributed by atoms with van der Waals surface area (Å²) >= 11 is 0. The molecule has 2 aliphatic rings. The molecule has 2 fully saturated rings. The zero-order valence-corrected chi connectivity index (χ0v) is 17.0. The zero-order valence-electron chi connectivity index (χ0n) is 17.0. The minimum Gasteiger partial charge on any atom is -0.354 e. The third kappa shape index (κ3) is 6.23. The Hall–Kier alpha value is -1.14. The molecule has 1 N–H and O–H groups in total. The normalized spacial score (nSPS) is 21.3. The van der Waals surface area contributed by atoms with Crippen molar-refractivity contribution in [2.45, 2.75) is 58.9 Å². The van der Waals surface area contributed by atoms with Crippen LogP contribution in [0, 0.1) is 5.92 Å². The molecule has 1 aliphatic heterocycles. The molecule has 1 saturated carbocycles. The van der Waals surface area contributed by atoms with E-state index in [0.29, 0.717) is 12.5 Å². The van der Waals surface area contributed by atoms with Gasteiger partial charge in [0.2, 0.25) is 11.8 Å². The number of hydrogen-bond acceptors (Lipinski definition) is 4. The van der Waals surface area contributed by atoms with Gasteiger partial charge in [-0.15, -0.1) is 0 Å². The van der Waals surface area contributed by atoms with Crippen LogP contribution >= 0.6 is 0 Å². The van der Waals surface area contributed by atoms with E-state index in [4.69, 9.17) is 0 Å². The number of nitrogens with zero attached hydrogens (tertiary/aromatic N) is 3. The lowest BCUT2D eigenvalue weighted by atomic mass is 9.89. The fourth-order valence-electron chi connectivity index (χ4n) is 4.13. The maximum Gasteiger partial charge on any atom is 0.237 e. The second kappa shape index (κ2) is 10.9. The number of likely N-dealkylation sites (N-methyl/N-ethyl adjacent to an activating group) is 1. The van der Waals surface area contributed by atoms with Crippen molar-refractivity contribution in [1.82, 2.24) is 20.0 Å². The van der Waals surface area contributed by atoms with E-state index in [1.165, 1.54) is 32.1 Å². The minimum atomic E-state index is -0.0841. The molecule has 150 valence electrons. The number of nitrogens with one attached hydrogen (secondary N) is 1. The summed E-state index contributed by atoms with van der Waals surface area (Å²) in [6.07, 6.45) is 6.48. The van der Waals surface area contributed by atoms with Crippen LogP contribution in [0.4, 0.5) is 0 Å². The number of amides is 2. The SMILES string of the molecule is CCN(CC)C(=O)CN1CCN(C(C)C(=O)NCC2CCCCC2)CC1. The van der Waals surface area contributed by atoms with Crippen molar-refractivity contribution in [3.8, 4) is 0 Å². The van der Waals surface area contributed by atoms with Gasteiger partial charge in [0.25, 0.3) is 0 Å². The molecule has 0 aromatic rings. The Morgan fingerprint density at radius 3 is 2.23 bits per heavy atom. The number of piperazine rings is 1. The summed E-state index contributed by atoms with van der Waals surface area (Å²) in [4.78, 5) is 31.1. The Morgan fingerprint density at radius 1 is 1.04 bits per heavy atom. The van der Waals surface area contributed by atoms with Crippen LogP contribution < -0.4 is 5.32 Å². The number of carbonyl (C=O) groups is 2. The molecule has 0 radical (unpaired) electrons. The lowest BCUT2D eigenvalue weighted by molar-refractivity contribution is -0.133. The molecule has 0 spiro atoms. The fourth-order valence-corrected chi connectivity index (χ4v) is 4.13. The molecule has 1 saturated heterocycles. The van der Waals surface area contributed by atoms with Gasteiger partial charge in [-0.25, -0.2) is 0 Å². The van der Waals surface area contributed by atoms with Gasteiger partial charge < -0.3 is 10.2 Å². The molecule has 6 nitrogen and oxygen atoms in total. The van der Waals surface area contributed by atoms with Gasteiger partial charge in [0.1, 0.15) is 0 Å². The van der Waals surface area contributed by atoms with Gasteiger partial charge in [-0.05, 0) is 39.5 Å². The maximum absolute atomic E-state index is 12.5. The molecule has 6 heteroatoms. The molecular weight excluding hydrogens is 328 g/mol. The molecule has 1 unspecified atom stereocenters. The fraction of sp³-hybridized carbons (Fsp3) is 0.900. The van der Waals surface area contributed by atoms with E-state index in [9.17, 15) is 9.59 Å². The summed E-state index contributed by atoms with van der Waals surface area (Å²) < 4.78 is 0. The van der Waals surface area contributed by atoms with Crippen molar-refractivity contribution in [3.05, 3.63) is 0 Å². The Balaban J connectivity index is 1.69. The van der Waals surface area contributed by atoms with Crippen molar-refractivity contribution < 1.29 is 9.59 Å². The van der Waals surface area contributed by atoms with Crippen LogP contribution in [0.15, 0.2) is 0 Å².